The average molecular weight is 285 g/mol. The second-order valence-electron chi connectivity index (χ2n) is 3.88. The summed E-state index contributed by atoms with van der Waals surface area (Å²) in [6.45, 7) is 0. The van der Waals surface area contributed by atoms with Gasteiger partial charge in [-0.05, 0) is 24.3 Å². The minimum atomic E-state index is -1.89. The summed E-state index contributed by atoms with van der Waals surface area (Å²) in [4.78, 5) is -0.290. The lowest BCUT2D eigenvalue weighted by molar-refractivity contribution is 0.571. The number of hydrogen-bond donors (Lipinski definition) is 1. The molecule has 19 heavy (non-hydrogen) atoms. The number of halogens is 3. The second kappa shape index (κ2) is 5.44. The molecule has 0 fully saturated rings. The Labute approximate surface area is 110 Å². The lowest BCUT2D eigenvalue weighted by atomic mass is 10.2. The van der Waals surface area contributed by atoms with Crippen molar-refractivity contribution >= 4 is 16.5 Å². The highest BCUT2D eigenvalue weighted by Gasteiger charge is 2.15. The molecule has 0 bridgehead atoms. The molecule has 0 radical (unpaired) electrons. The lowest BCUT2D eigenvalue weighted by Crippen LogP contribution is -2.03. The predicted octanol–water partition coefficient (Wildman–Crippen LogP) is 2.99. The van der Waals surface area contributed by atoms with Gasteiger partial charge in [-0.2, -0.15) is 0 Å². The largest absolute Gasteiger partial charge is 0.396 e. The maximum absolute atomic E-state index is 13.6. The van der Waals surface area contributed by atoms with E-state index in [1.807, 2.05) is 0 Å². The van der Waals surface area contributed by atoms with E-state index in [0.29, 0.717) is 0 Å². The monoisotopic (exact) mass is 285 g/mol. The van der Waals surface area contributed by atoms with Crippen molar-refractivity contribution in [2.45, 2.75) is 10.6 Å². The molecular formula is C13H10F3NOS. The van der Waals surface area contributed by atoms with Crippen LogP contribution in [0.2, 0.25) is 0 Å². The van der Waals surface area contributed by atoms with Crippen molar-refractivity contribution in [3.63, 3.8) is 0 Å². The van der Waals surface area contributed by atoms with E-state index >= 15 is 0 Å². The van der Waals surface area contributed by atoms with E-state index in [9.17, 15) is 17.4 Å². The van der Waals surface area contributed by atoms with E-state index in [-0.39, 0.29) is 21.9 Å². The molecule has 0 amide bonds. The van der Waals surface area contributed by atoms with Gasteiger partial charge < -0.3 is 5.73 Å². The summed E-state index contributed by atoms with van der Waals surface area (Å²) in [5, 5.41) is 0. The number of rotatable bonds is 3. The van der Waals surface area contributed by atoms with Gasteiger partial charge in [0.25, 0.3) is 0 Å². The first-order chi connectivity index (χ1) is 8.99. The molecular weight excluding hydrogens is 275 g/mol. The molecule has 0 saturated carbocycles. The number of hydrogen-bond acceptors (Lipinski definition) is 2. The number of anilines is 1. The van der Waals surface area contributed by atoms with Crippen molar-refractivity contribution in [2.24, 2.45) is 0 Å². The fourth-order valence-corrected chi connectivity index (χ4v) is 2.77. The first-order valence-corrected chi connectivity index (χ1v) is 6.67. The smallest absolute Gasteiger partial charge is 0.150 e. The third-order valence-electron chi connectivity index (χ3n) is 2.53. The zero-order valence-corrected chi connectivity index (χ0v) is 10.5. The lowest BCUT2D eigenvalue weighted by Gasteiger charge is -2.06. The number of nitrogen functional groups attached to an aromatic ring is 1. The highest BCUT2D eigenvalue weighted by molar-refractivity contribution is 7.84. The van der Waals surface area contributed by atoms with Gasteiger partial charge in [-0.25, -0.2) is 13.2 Å². The van der Waals surface area contributed by atoms with E-state index in [1.165, 1.54) is 18.2 Å². The van der Waals surface area contributed by atoms with Crippen LogP contribution in [-0.2, 0) is 16.6 Å². The van der Waals surface area contributed by atoms with E-state index in [4.69, 9.17) is 5.73 Å². The predicted molar refractivity (Wildman–Crippen MR) is 67.3 cm³/mol. The van der Waals surface area contributed by atoms with Crippen LogP contribution in [0.15, 0.2) is 41.3 Å². The van der Waals surface area contributed by atoms with Crippen molar-refractivity contribution in [1.82, 2.24) is 0 Å². The summed E-state index contributed by atoms with van der Waals surface area (Å²) in [6, 6.07) is 6.93. The van der Waals surface area contributed by atoms with Gasteiger partial charge in [-0.15, -0.1) is 0 Å². The molecule has 1 atom stereocenters. The Morgan fingerprint density at radius 3 is 2.58 bits per heavy atom. The van der Waals surface area contributed by atoms with Gasteiger partial charge in [0.1, 0.15) is 17.5 Å². The minimum Gasteiger partial charge on any atom is -0.396 e. The molecule has 0 saturated heterocycles. The average Bonchev–Trinajstić information content (AvgIpc) is 2.38. The van der Waals surface area contributed by atoms with Crippen LogP contribution in [0.4, 0.5) is 18.9 Å². The van der Waals surface area contributed by atoms with Crippen molar-refractivity contribution in [3.8, 4) is 0 Å². The molecule has 0 heterocycles. The van der Waals surface area contributed by atoms with Crippen LogP contribution in [0.5, 0.6) is 0 Å². The van der Waals surface area contributed by atoms with Crippen LogP contribution in [-0.4, -0.2) is 4.21 Å². The molecule has 0 aliphatic heterocycles. The van der Waals surface area contributed by atoms with Gasteiger partial charge in [0.15, 0.2) is 0 Å². The van der Waals surface area contributed by atoms with Crippen molar-refractivity contribution < 1.29 is 17.4 Å². The summed E-state index contributed by atoms with van der Waals surface area (Å²) >= 11 is 0. The molecule has 2 nitrogen and oxygen atoms in total. The summed E-state index contributed by atoms with van der Waals surface area (Å²) in [7, 11) is -1.89. The van der Waals surface area contributed by atoms with Crippen LogP contribution >= 0.6 is 0 Å². The Balaban J connectivity index is 2.31. The van der Waals surface area contributed by atoms with E-state index < -0.39 is 28.3 Å². The van der Waals surface area contributed by atoms with Gasteiger partial charge in [-0.3, -0.25) is 4.21 Å². The van der Waals surface area contributed by atoms with Crippen molar-refractivity contribution in [3.05, 3.63) is 59.4 Å². The third-order valence-corrected chi connectivity index (χ3v) is 3.91. The highest BCUT2D eigenvalue weighted by atomic mass is 32.2. The molecule has 0 aromatic heterocycles. The molecule has 1 unspecified atom stereocenters. The van der Waals surface area contributed by atoms with E-state index in [0.717, 1.165) is 18.2 Å². The Morgan fingerprint density at radius 1 is 1.11 bits per heavy atom. The van der Waals surface area contributed by atoms with Crippen molar-refractivity contribution in [1.29, 1.82) is 0 Å². The molecule has 0 aliphatic carbocycles. The summed E-state index contributed by atoms with van der Waals surface area (Å²) in [5.74, 6) is -2.44. The quantitative estimate of drug-likeness (QED) is 0.881. The van der Waals surface area contributed by atoms with Crippen LogP contribution in [0.25, 0.3) is 0 Å². The minimum absolute atomic E-state index is 0.0748. The maximum atomic E-state index is 13.6. The fraction of sp³-hybridized carbons (Fsp3) is 0.0769. The first-order valence-electron chi connectivity index (χ1n) is 5.35. The Kier molecular flexibility index (Phi) is 3.90. The molecule has 0 aliphatic rings. The summed E-state index contributed by atoms with van der Waals surface area (Å²) in [6.07, 6.45) is 0. The van der Waals surface area contributed by atoms with Gasteiger partial charge in [0.2, 0.25) is 0 Å². The van der Waals surface area contributed by atoms with Crippen LogP contribution in [0, 0.1) is 17.5 Å². The van der Waals surface area contributed by atoms with Crippen LogP contribution in [0.1, 0.15) is 5.56 Å². The van der Waals surface area contributed by atoms with Crippen LogP contribution < -0.4 is 5.73 Å². The second-order valence-corrected chi connectivity index (χ2v) is 5.30. The first kappa shape index (κ1) is 13.6. The summed E-state index contributed by atoms with van der Waals surface area (Å²) < 4.78 is 52.0. The molecule has 2 aromatic carbocycles. The fourth-order valence-electron chi connectivity index (χ4n) is 1.58. The topological polar surface area (TPSA) is 43.1 Å². The SMILES string of the molecule is Nc1cccc(CS(=O)c2cc(F)ccc2F)c1F. The highest BCUT2D eigenvalue weighted by Crippen LogP contribution is 2.21. The van der Waals surface area contributed by atoms with Gasteiger partial charge in [-0.1, -0.05) is 12.1 Å². The normalized spacial score (nSPS) is 12.4. The molecule has 6 heteroatoms. The molecule has 2 N–H and O–H groups in total. The van der Waals surface area contributed by atoms with Gasteiger partial charge in [0, 0.05) is 5.56 Å². The van der Waals surface area contributed by atoms with Crippen LogP contribution in [0.3, 0.4) is 0 Å². The third kappa shape index (κ3) is 2.96. The van der Waals surface area contributed by atoms with E-state index in [1.54, 1.807) is 0 Å². The standard InChI is InChI=1S/C13H10F3NOS/c14-9-4-5-10(15)12(6-9)19(18)7-8-2-1-3-11(17)13(8)16/h1-6H,7,17H2. The zero-order chi connectivity index (χ0) is 14.0. The maximum Gasteiger partial charge on any atom is 0.150 e. The van der Waals surface area contributed by atoms with Crippen molar-refractivity contribution in [2.75, 3.05) is 5.73 Å². The molecule has 0 spiro atoms. The number of nitrogens with two attached hydrogens (primary N) is 1. The summed E-state index contributed by atoms with van der Waals surface area (Å²) in [5.41, 5.74) is 5.41. The molecule has 100 valence electrons. The Hall–Kier alpha value is -1.82. The molecule has 2 aromatic rings. The Morgan fingerprint density at radius 2 is 1.84 bits per heavy atom. The van der Waals surface area contributed by atoms with Gasteiger partial charge >= 0.3 is 0 Å². The number of benzene rings is 2. The molecule has 2 rings (SSSR count). The Bertz CT molecular complexity index is 646. The van der Waals surface area contributed by atoms with Gasteiger partial charge in [0.05, 0.1) is 27.1 Å². The van der Waals surface area contributed by atoms with E-state index in [2.05, 4.69) is 0 Å². The zero-order valence-electron chi connectivity index (χ0n) is 9.70.